The van der Waals surface area contributed by atoms with Crippen molar-refractivity contribution in [1.29, 1.82) is 0 Å². The van der Waals surface area contributed by atoms with Gasteiger partial charge in [0.15, 0.2) is 0 Å². The van der Waals surface area contributed by atoms with Crippen LogP contribution in [0.2, 0.25) is 0 Å². The second-order valence-electron chi connectivity index (χ2n) is 4.91. The van der Waals surface area contributed by atoms with Gasteiger partial charge in [-0.05, 0) is 25.5 Å². The molecule has 6 heteroatoms. The van der Waals surface area contributed by atoms with E-state index in [0.717, 1.165) is 11.1 Å². The minimum Gasteiger partial charge on any atom is -0.258 e. The maximum Gasteiger partial charge on any atom is 0.488 e. The molecule has 0 amide bonds. The summed E-state index contributed by atoms with van der Waals surface area (Å²) in [6.45, 7) is 3.62. The first-order chi connectivity index (χ1) is 9.37. The molecule has 0 saturated heterocycles. The van der Waals surface area contributed by atoms with Crippen LogP contribution in [0.4, 0.5) is 0 Å². The number of hydrogen-bond acceptors (Lipinski definition) is 4. The Kier molecular flexibility index (Phi) is 3.40. The predicted molar refractivity (Wildman–Crippen MR) is 74.2 cm³/mol. The van der Waals surface area contributed by atoms with E-state index in [9.17, 15) is 20.2 Å². The van der Waals surface area contributed by atoms with Gasteiger partial charge in [0.25, 0.3) is 0 Å². The molecule has 0 N–H and O–H groups in total. The molecule has 1 aromatic rings. The van der Waals surface area contributed by atoms with Gasteiger partial charge in [0, 0.05) is 0 Å². The maximum atomic E-state index is 11.4. The Hall–Kier alpha value is -2.50. The Morgan fingerprint density at radius 3 is 2.35 bits per heavy atom. The molecule has 0 unspecified atom stereocenters. The normalized spacial score (nSPS) is 17.1. The zero-order valence-corrected chi connectivity index (χ0v) is 11.2. The highest BCUT2D eigenvalue weighted by Gasteiger charge is 2.60. The summed E-state index contributed by atoms with van der Waals surface area (Å²) in [5, 5.41) is 22.8. The molecule has 0 fully saturated rings. The van der Waals surface area contributed by atoms with Crippen molar-refractivity contribution >= 4 is 5.57 Å². The Morgan fingerprint density at radius 1 is 1.15 bits per heavy atom. The van der Waals surface area contributed by atoms with Gasteiger partial charge in [0.2, 0.25) is 0 Å². The lowest BCUT2D eigenvalue weighted by atomic mass is 9.84. The van der Waals surface area contributed by atoms with Crippen LogP contribution in [0.5, 0.6) is 0 Å². The summed E-state index contributed by atoms with van der Waals surface area (Å²) in [5.74, 6) is 0. The van der Waals surface area contributed by atoms with Gasteiger partial charge in [0.1, 0.15) is 21.8 Å². The average Bonchev–Trinajstić information content (AvgIpc) is 2.38. The maximum absolute atomic E-state index is 11.4. The minimum absolute atomic E-state index is 0.135. The van der Waals surface area contributed by atoms with E-state index >= 15 is 0 Å². The van der Waals surface area contributed by atoms with Gasteiger partial charge in [0.05, 0.1) is 0 Å². The van der Waals surface area contributed by atoms with Crippen molar-refractivity contribution in [3.63, 3.8) is 0 Å². The third-order valence-corrected chi connectivity index (χ3v) is 3.45. The third kappa shape index (κ3) is 2.09. The highest BCUT2D eigenvalue weighted by Crippen LogP contribution is 2.38. The first-order valence-electron chi connectivity index (χ1n) is 6.13. The number of nitrogens with zero attached hydrogens (tertiary/aromatic N) is 2. The van der Waals surface area contributed by atoms with E-state index in [1.165, 1.54) is 12.2 Å². The third-order valence-electron chi connectivity index (χ3n) is 3.45. The molecule has 1 aliphatic rings. The lowest BCUT2D eigenvalue weighted by Gasteiger charge is -2.22. The van der Waals surface area contributed by atoms with Crippen LogP contribution in [0, 0.1) is 27.2 Å². The molecule has 0 saturated carbocycles. The fraction of sp³-hybridized carbons (Fsp3) is 0.286. The molecule has 0 aromatic heterocycles. The predicted octanol–water partition coefficient (Wildman–Crippen LogP) is 2.98. The second kappa shape index (κ2) is 4.88. The molecule has 0 radical (unpaired) electrons. The standard InChI is InChI=1S/C14H14N2O4/c1-10-4-3-5-12(8-10)13-9-11(2)6-7-14(13,15(17)18)16(19)20/h3-6,8-9H,7H2,1-2H3. The van der Waals surface area contributed by atoms with Crippen molar-refractivity contribution < 1.29 is 9.85 Å². The highest BCUT2D eigenvalue weighted by molar-refractivity contribution is 5.74. The monoisotopic (exact) mass is 274 g/mol. The first-order valence-corrected chi connectivity index (χ1v) is 6.13. The zero-order chi connectivity index (χ0) is 14.9. The van der Waals surface area contributed by atoms with Crippen LogP contribution in [0.1, 0.15) is 24.5 Å². The molecular formula is C14H14N2O4. The Balaban J connectivity index is 2.68. The lowest BCUT2D eigenvalue weighted by molar-refractivity contribution is -0.775. The summed E-state index contributed by atoms with van der Waals surface area (Å²) in [4.78, 5) is 21.2. The van der Waals surface area contributed by atoms with Crippen molar-refractivity contribution in [3.8, 4) is 0 Å². The van der Waals surface area contributed by atoms with Crippen molar-refractivity contribution in [2.24, 2.45) is 0 Å². The molecule has 2 rings (SSSR count). The molecule has 0 aliphatic heterocycles. The topological polar surface area (TPSA) is 86.3 Å². The summed E-state index contributed by atoms with van der Waals surface area (Å²) in [7, 11) is 0. The number of aryl methyl sites for hydroxylation is 1. The van der Waals surface area contributed by atoms with Crippen LogP contribution < -0.4 is 0 Å². The number of allylic oxidation sites excluding steroid dienone is 2. The van der Waals surface area contributed by atoms with E-state index in [4.69, 9.17) is 0 Å². The van der Waals surface area contributed by atoms with Crippen LogP contribution in [0.15, 0.2) is 42.0 Å². The van der Waals surface area contributed by atoms with Gasteiger partial charge in [-0.15, -0.1) is 0 Å². The first kappa shape index (κ1) is 13.9. The molecule has 0 bridgehead atoms. The molecule has 1 aliphatic carbocycles. The van der Waals surface area contributed by atoms with E-state index in [1.54, 1.807) is 25.1 Å². The molecule has 0 heterocycles. The van der Waals surface area contributed by atoms with E-state index in [-0.39, 0.29) is 12.0 Å². The van der Waals surface area contributed by atoms with Crippen molar-refractivity contribution in [1.82, 2.24) is 0 Å². The number of nitro groups is 2. The van der Waals surface area contributed by atoms with Crippen LogP contribution >= 0.6 is 0 Å². The van der Waals surface area contributed by atoms with Gasteiger partial charge in [-0.3, -0.25) is 20.2 Å². The van der Waals surface area contributed by atoms with Crippen molar-refractivity contribution in [2.45, 2.75) is 25.9 Å². The van der Waals surface area contributed by atoms with Gasteiger partial charge >= 0.3 is 5.66 Å². The van der Waals surface area contributed by atoms with E-state index in [0.29, 0.717) is 5.56 Å². The molecular weight excluding hydrogens is 260 g/mol. The van der Waals surface area contributed by atoms with Crippen molar-refractivity contribution in [2.75, 3.05) is 0 Å². The SMILES string of the molecule is CC1=CCC([N+](=O)[O-])([N+](=O)[O-])C(c2cccc(C)c2)=C1. The van der Waals surface area contributed by atoms with E-state index in [2.05, 4.69) is 0 Å². The van der Waals surface area contributed by atoms with E-state index < -0.39 is 15.5 Å². The van der Waals surface area contributed by atoms with Crippen LogP contribution in [-0.4, -0.2) is 15.5 Å². The van der Waals surface area contributed by atoms with Gasteiger partial charge in [-0.25, -0.2) is 0 Å². The molecule has 1 aromatic carbocycles. The van der Waals surface area contributed by atoms with Crippen LogP contribution in [0.25, 0.3) is 5.57 Å². The summed E-state index contributed by atoms with van der Waals surface area (Å²) < 4.78 is 0. The van der Waals surface area contributed by atoms with Gasteiger partial charge in [-0.2, -0.15) is 0 Å². The second-order valence-corrected chi connectivity index (χ2v) is 4.91. The number of hydrogen-bond donors (Lipinski definition) is 0. The largest absolute Gasteiger partial charge is 0.488 e. The Morgan fingerprint density at radius 2 is 1.80 bits per heavy atom. The zero-order valence-electron chi connectivity index (χ0n) is 11.2. The molecule has 0 atom stereocenters. The smallest absolute Gasteiger partial charge is 0.258 e. The highest BCUT2D eigenvalue weighted by atomic mass is 16.7. The van der Waals surface area contributed by atoms with Crippen LogP contribution in [-0.2, 0) is 0 Å². The summed E-state index contributed by atoms with van der Waals surface area (Å²) >= 11 is 0. The van der Waals surface area contributed by atoms with E-state index in [1.807, 2.05) is 13.0 Å². The minimum atomic E-state index is -2.30. The lowest BCUT2D eigenvalue weighted by Crippen LogP contribution is -2.47. The summed E-state index contributed by atoms with van der Waals surface area (Å²) in [6, 6.07) is 6.98. The Labute approximate surface area is 115 Å². The molecule has 20 heavy (non-hydrogen) atoms. The fourth-order valence-corrected chi connectivity index (χ4v) is 2.35. The summed E-state index contributed by atoms with van der Waals surface area (Å²) in [5.41, 5.74) is 0.0481. The average molecular weight is 274 g/mol. The fourth-order valence-electron chi connectivity index (χ4n) is 2.35. The van der Waals surface area contributed by atoms with Crippen LogP contribution in [0.3, 0.4) is 0 Å². The van der Waals surface area contributed by atoms with Gasteiger partial charge < -0.3 is 0 Å². The Bertz CT molecular complexity index is 632. The quantitative estimate of drug-likeness (QED) is 0.481. The van der Waals surface area contributed by atoms with Gasteiger partial charge in [-0.1, -0.05) is 41.5 Å². The number of benzene rings is 1. The molecule has 0 spiro atoms. The molecule has 104 valence electrons. The summed E-state index contributed by atoms with van der Waals surface area (Å²) in [6.07, 6.45) is 2.83. The van der Waals surface area contributed by atoms with Crippen molar-refractivity contribution in [3.05, 3.63) is 73.3 Å². The molecule has 6 nitrogen and oxygen atoms in total. The number of rotatable bonds is 3.